The molecule has 0 saturated carbocycles. The van der Waals surface area contributed by atoms with Gasteiger partial charge in [-0.1, -0.05) is 109 Å². The Kier molecular flexibility index (Phi) is 19.4. The smallest absolute Gasteiger partial charge is 0.417 e. The predicted octanol–water partition coefficient (Wildman–Crippen LogP) is 8.12. The molecule has 1 aliphatic heterocycles. The molecule has 0 aliphatic carbocycles. The molecule has 41 heavy (non-hydrogen) atoms. The van der Waals surface area contributed by atoms with Crippen molar-refractivity contribution >= 4 is 12.0 Å². The van der Waals surface area contributed by atoms with Crippen LogP contribution in [0.4, 0.5) is 4.79 Å². The van der Waals surface area contributed by atoms with E-state index in [-0.39, 0.29) is 31.3 Å². The van der Waals surface area contributed by atoms with Crippen molar-refractivity contribution in [2.24, 2.45) is 5.92 Å². The van der Waals surface area contributed by atoms with E-state index in [2.05, 4.69) is 6.92 Å². The lowest BCUT2D eigenvalue weighted by Crippen LogP contribution is -2.43. The van der Waals surface area contributed by atoms with Gasteiger partial charge in [0.05, 0.1) is 13.2 Å². The third kappa shape index (κ3) is 15.7. The molecule has 0 N–H and O–H groups in total. The van der Waals surface area contributed by atoms with Gasteiger partial charge in [0.15, 0.2) is 12.5 Å². The summed E-state index contributed by atoms with van der Waals surface area (Å²) >= 11 is 0. The second-order valence-corrected chi connectivity index (χ2v) is 11.7. The van der Waals surface area contributed by atoms with Gasteiger partial charge in [-0.15, -0.1) is 0 Å². The number of unbranched alkanes of at least 4 members (excludes halogenated alkanes) is 15. The van der Waals surface area contributed by atoms with Crippen molar-refractivity contribution in [1.82, 2.24) is 4.90 Å². The van der Waals surface area contributed by atoms with Crippen LogP contribution in [0.3, 0.4) is 0 Å². The number of nitrogens with zero attached hydrogens (tertiary/aromatic N) is 2. The maximum atomic E-state index is 12.7. The fraction of sp³-hybridized carbons (Fsp3) is 0.794. The highest BCUT2D eigenvalue weighted by atomic mass is 16.7. The average molecular weight is 576 g/mol. The zero-order chi connectivity index (χ0) is 29.5. The molecule has 1 aliphatic rings. The fourth-order valence-electron chi connectivity index (χ4n) is 5.45. The summed E-state index contributed by atoms with van der Waals surface area (Å²) in [5, 5.41) is 0. The van der Waals surface area contributed by atoms with Crippen LogP contribution in [0.5, 0.6) is 0 Å². The Morgan fingerprint density at radius 3 is 2.02 bits per heavy atom. The quantitative estimate of drug-likeness (QED) is 0.0973. The Morgan fingerprint density at radius 2 is 1.46 bits per heavy atom. The molecule has 0 spiro atoms. The van der Waals surface area contributed by atoms with Crippen LogP contribution in [0.25, 0.3) is 0 Å². The minimum Gasteiger partial charge on any atom is -0.449 e. The third-order valence-corrected chi connectivity index (χ3v) is 8.08. The lowest BCUT2D eigenvalue weighted by atomic mass is 10.0. The molecule has 1 aromatic rings. The topological polar surface area (TPSA) is 69.0 Å². The highest BCUT2D eigenvalue weighted by molar-refractivity contribution is 5.90. The Morgan fingerprint density at radius 1 is 0.878 bits per heavy atom. The van der Waals surface area contributed by atoms with E-state index in [0.29, 0.717) is 19.6 Å². The standard InChI is InChI=1S/C34H59N2O5/c1-4-6-7-8-9-10-11-12-13-14-15-16-17-18-19-22-25-39-33-26-31(28-40-33)29-41-34(38)36(30(3)37)27-32-23-20-21-24-35(32)5-2/h20-21,23-24,31,33H,4-19,22,25-29H2,1-3H3/q+1/t31-,33-/m0/s1. The minimum absolute atomic E-state index is 0.0841. The molecule has 0 bridgehead atoms. The molecule has 2 atom stereocenters. The number of carbonyl (C=O) groups excluding carboxylic acids is 2. The van der Waals surface area contributed by atoms with Gasteiger partial charge in [-0.25, -0.2) is 14.3 Å². The normalized spacial score (nSPS) is 16.7. The van der Waals surface area contributed by atoms with Crippen LogP contribution < -0.4 is 4.57 Å². The highest BCUT2D eigenvalue weighted by Gasteiger charge is 2.29. The summed E-state index contributed by atoms with van der Waals surface area (Å²) in [5.74, 6) is -0.245. The van der Waals surface area contributed by atoms with Crippen LogP contribution in [0, 0.1) is 5.92 Å². The summed E-state index contributed by atoms with van der Waals surface area (Å²) < 4.78 is 19.2. The van der Waals surface area contributed by atoms with Gasteiger partial charge in [-0.3, -0.25) is 4.79 Å². The molecule has 2 heterocycles. The van der Waals surface area contributed by atoms with Crippen molar-refractivity contribution in [1.29, 1.82) is 0 Å². The molecule has 1 saturated heterocycles. The SMILES string of the molecule is CCCCCCCCCCCCCCCCCCO[C@@H]1C[C@H](COC(=O)N(Cc2cccc[n+]2CC)C(C)=O)CO1. The number of aryl methyl sites for hydroxylation is 1. The van der Waals surface area contributed by atoms with Gasteiger partial charge >= 0.3 is 6.09 Å². The molecular formula is C34H59N2O5+. The van der Waals surface area contributed by atoms with Crippen molar-refractivity contribution in [3.05, 3.63) is 30.1 Å². The molecule has 2 rings (SSSR count). The molecule has 7 heteroatoms. The number of aromatic nitrogens is 1. The van der Waals surface area contributed by atoms with Gasteiger partial charge < -0.3 is 14.2 Å². The van der Waals surface area contributed by atoms with E-state index in [0.717, 1.165) is 23.6 Å². The van der Waals surface area contributed by atoms with E-state index in [1.54, 1.807) is 0 Å². The first-order valence-corrected chi connectivity index (χ1v) is 16.7. The Bertz CT molecular complexity index is 833. The summed E-state index contributed by atoms with van der Waals surface area (Å²) in [7, 11) is 0. The summed E-state index contributed by atoms with van der Waals surface area (Å²) in [4.78, 5) is 26.0. The maximum absolute atomic E-state index is 12.7. The second-order valence-electron chi connectivity index (χ2n) is 11.7. The van der Waals surface area contributed by atoms with Crippen molar-refractivity contribution in [3.63, 3.8) is 0 Å². The van der Waals surface area contributed by atoms with Crippen LogP contribution in [0.2, 0.25) is 0 Å². The Hall–Kier alpha value is -1.99. The number of rotatable bonds is 23. The summed E-state index contributed by atoms with van der Waals surface area (Å²) in [5.41, 5.74) is 0.883. The first-order valence-electron chi connectivity index (χ1n) is 16.7. The minimum atomic E-state index is -0.610. The van der Waals surface area contributed by atoms with Crippen LogP contribution in [-0.4, -0.2) is 43.0 Å². The van der Waals surface area contributed by atoms with Gasteiger partial charge in [0.2, 0.25) is 11.6 Å². The molecule has 0 radical (unpaired) electrons. The molecular weight excluding hydrogens is 516 g/mol. The average Bonchev–Trinajstić information content (AvgIpc) is 3.44. The van der Waals surface area contributed by atoms with E-state index < -0.39 is 6.09 Å². The zero-order valence-electron chi connectivity index (χ0n) is 26.5. The lowest BCUT2D eigenvalue weighted by Gasteiger charge is -2.19. The van der Waals surface area contributed by atoms with Crippen LogP contribution in [-0.2, 0) is 32.1 Å². The number of ether oxygens (including phenoxy) is 3. The summed E-state index contributed by atoms with van der Waals surface area (Å²) in [6, 6.07) is 5.75. The monoisotopic (exact) mass is 575 g/mol. The molecule has 1 aromatic heterocycles. The summed E-state index contributed by atoms with van der Waals surface area (Å²) in [6.07, 6.45) is 23.5. The molecule has 234 valence electrons. The van der Waals surface area contributed by atoms with Crippen molar-refractivity contribution in [3.8, 4) is 0 Å². The molecule has 1 fully saturated rings. The van der Waals surface area contributed by atoms with E-state index in [1.807, 2.05) is 35.9 Å². The number of amides is 2. The Labute approximate surface area is 250 Å². The first-order chi connectivity index (χ1) is 20.0. The number of carbonyl (C=O) groups is 2. The molecule has 7 nitrogen and oxygen atoms in total. The molecule has 0 aromatic carbocycles. The number of hydrogen-bond acceptors (Lipinski definition) is 5. The van der Waals surface area contributed by atoms with Gasteiger partial charge in [0, 0.05) is 38.0 Å². The lowest BCUT2D eigenvalue weighted by molar-refractivity contribution is -0.701. The van der Waals surface area contributed by atoms with Gasteiger partial charge in [0.1, 0.15) is 13.1 Å². The molecule has 2 amide bonds. The van der Waals surface area contributed by atoms with Gasteiger partial charge in [-0.2, -0.15) is 0 Å². The van der Waals surface area contributed by atoms with E-state index in [4.69, 9.17) is 14.2 Å². The second kappa shape index (κ2) is 22.6. The van der Waals surface area contributed by atoms with Crippen LogP contribution in [0.15, 0.2) is 24.4 Å². The largest absolute Gasteiger partial charge is 0.449 e. The number of imide groups is 1. The van der Waals surface area contributed by atoms with Crippen LogP contribution >= 0.6 is 0 Å². The van der Waals surface area contributed by atoms with E-state index >= 15 is 0 Å². The van der Waals surface area contributed by atoms with Gasteiger partial charge in [0.25, 0.3) is 0 Å². The predicted molar refractivity (Wildman–Crippen MR) is 163 cm³/mol. The zero-order valence-corrected chi connectivity index (χ0v) is 26.5. The Balaban J connectivity index is 1.44. The maximum Gasteiger partial charge on any atom is 0.417 e. The highest BCUT2D eigenvalue weighted by Crippen LogP contribution is 2.22. The van der Waals surface area contributed by atoms with Crippen molar-refractivity contribution < 1.29 is 28.4 Å². The first kappa shape index (κ1) is 35.2. The van der Waals surface area contributed by atoms with Crippen LogP contribution in [0.1, 0.15) is 136 Å². The van der Waals surface area contributed by atoms with E-state index in [1.165, 1.54) is 103 Å². The van der Waals surface area contributed by atoms with E-state index in [9.17, 15) is 9.59 Å². The fourth-order valence-corrected chi connectivity index (χ4v) is 5.45. The van der Waals surface area contributed by atoms with Crippen molar-refractivity contribution in [2.75, 3.05) is 19.8 Å². The van der Waals surface area contributed by atoms with Crippen molar-refractivity contribution in [2.45, 2.75) is 149 Å². The molecule has 0 unspecified atom stereocenters. The third-order valence-electron chi connectivity index (χ3n) is 8.08. The summed E-state index contributed by atoms with van der Waals surface area (Å²) in [6.45, 7) is 8.09. The number of pyridine rings is 1. The van der Waals surface area contributed by atoms with Gasteiger partial charge in [-0.05, 0) is 13.3 Å². The number of hydrogen-bond donors (Lipinski definition) is 0.